The maximum atomic E-state index is 12.9. The summed E-state index contributed by atoms with van der Waals surface area (Å²) in [6.45, 7) is 3.90. The van der Waals surface area contributed by atoms with Gasteiger partial charge in [0.2, 0.25) is 0 Å². The Hall–Kier alpha value is -2.74. The van der Waals surface area contributed by atoms with Crippen LogP contribution in [0, 0.1) is 0 Å². The Balaban J connectivity index is 2.31. The molecule has 2 aromatic heterocycles. The first-order valence-electron chi connectivity index (χ1n) is 8.38. The Labute approximate surface area is 163 Å². The molecule has 8 heteroatoms. The molecular weight excluding hydrogens is 412 g/mol. The molecule has 0 aliphatic rings. The van der Waals surface area contributed by atoms with Gasteiger partial charge in [0.05, 0.1) is 11.3 Å². The van der Waals surface area contributed by atoms with Gasteiger partial charge in [-0.2, -0.15) is 0 Å². The van der Waals surface area contributed by atoms with Crippen molar-refractivity contribution in [1.29, 1.82) is 0 Å². The third-order valence-corrected chi connectivity index (χ3v) is 5.17. The first-order chi connectivity index (χ1) is 12.7. The van der Waals surface area contributed by atoms with Gasteiger partial charge < -0.3 is 5.32 Å². The van der Waals surface area contributed by atoms with Crippen LogP contribution < -0.4 is 16.6 Å². The molecular formula is C19H19BrN4O3. The third kappa shape index (κ3) is 3.21. The molecule has 140 valence electrons. The van der Waals surface area contributed by atoms with Crippen LogP contribution in [0.15, 0.2) is 44.5 Å². The minimum atomic E-state index is -0.495. The number of benzene rings is 1. The topological polar surface area (TPSA) is 86.0 Å². The zero-order valence-electron chi connectivity index (χ0n) is 15.4. The van der Waals surface area contributed by atoms with Crippen molar-refractivity contribution in [1.82, 2.24) is 14.1 Å². The van der Waals surface area contributed by atoms with Gasteiger partial charge in [-0.25, -0.2) is 9.78 Å². The smallest absolute Gasteiger partial charge is 0.321 e. The van der Waals surface area contributed by atoms with Crippen molar-refractivity contribution in [3.8, 4) is 0 Å². The summed E-state index contributed by atoms with van der Waals surface area (Å²) in [5.74, 6) is -0.342. The van der Waals surface area contributed by atoms with Gasteiger partial charge in [-0.05, 0) is 39.5 Å². The van der Waals surface area contributed by atoms with E-state index in [1.54, 1.807) is 31.4 Å². The monoisotopic (exact) mass is 430 g/mol. The van der Waals surface area contributed by atoms with Crippen LogP contribution in [0.25, 0.3) is 11.0 Å². The lowest BCUT2D eigenvalue weighted by atomic mass is 10.0. The molecule has 0 atom stereocenters. The molecule has 0 aliphatic carbocycles. The zero-order valence-corrected chi connectivity index (χ0v) is 17.0. The lowest BCUT2D eigenvalue weighted by Crippen LogP contribution is -2.38. The number of fused-ring (bicyclic) bond motifs is 1. The number of nitrogens with one attached hydrogen (secondary N) is 1. The zero-order chi connectivity index (χ0) is 19.9. The number of nitrogens with zero attached hydrogens (tertiary/aromatic N) is 3. The molecule has 0 saturated heterocycles. The molecule has 2 heterocycles. The Bertz CT molecular complexity index is 1180. The molecule has 3 rings (SSSR count). The fraction of sp³-hybridized carbons (Fsp3) is 0.263. The summed E-state index contributed by atoms with van der Waals surface area (Å²) in [7, 11) is 2.96. The largest absolute Gasteiger partial charge is 0.332 e. The molecule has 0 aliphatic heterocycles. The van der Waals surface area contributed by atoms with E-state index in [0.29, 0.717) is 15.7 Å². The second-order valence-corrected chi connectivity index (χ2v) is 7.44. The van der Waals surface area contributed by atoms with Crippen LogP contribution >= 0.6 is 15.9 Å². The highest BCUT2D eigenvalue weighted by atomic mass is 79.9. The number of anilines is 1. The van der Waals surface area contributed by atoms with Gasteiger partial charge in [0.15, 0.2) is 5.65 Å². The predicted octanol–water partition coefficient (Wildman–Crippen LogP) is 2.77. The maximum absolute atomic E-state index is 12.9. The fourth-order valence-corrected chi connectivity index (χ4v) is 3.41. The van der Waals surface area contributed by atoms with Gasteiger partial charge in [-0.15, -0.1) is 0 Å². The highest BCUT2D eigenvalue weighted by Gasteiger charge is 2.21. The van der Waals surface area contributed by atoms with Crippen molar-refractivity contribution in [2.45, 2.75) is 19.8 Å². The van der Waals surface area contributed by atoms with Crippen LogP contribution in [0.4, 0.5) is 5.69 Å². The number of carbonyl (C=O) groups is 1. The minimum Gasteiger partial charge on any atom is -0.321 e. The number of hydrogen-bond donors (Lipinski definition) is 1. The molecule has 7 nitrogen and oxygen atoms in total. The molecule has 1 N–H and O–H groups in total. The van der Waals surface area contributed by atoms with Gasteiger partial charge in [-0.3, -0.25) is 18.7 Å². The minimum absolute atomic E-state index is 0.0124. The molecule has 0 bridgehead atoms. The summed E-state index contributed by atoms with van der Waals surface area (Å²) in [5, 5.41) is 3.08. The molecule has 0 unspecified atom stereocenters. The van der Waals surface area contributed by atoms with Crippen molar-refractivity contribution in [3.05, 3.63) is 66.9 Å². The summed E-state index contributed by atoms with van der Waals surface area (Å²) in [5.41, 5.74) is 0.810. The molecule has 27 heavy (non-hydrogen) atoms. The van der Waals surface area contributed by atoms with E-state index < -0.39 is 11.2 Å². The number of carbonyl (C=O) groups excluding carboxylic acids is 1. The van der Waals surface area contributed by atoms with Crippen LogP contribution in [0.2, 0.25) is 0 Å². The van der Waals surface area contributed by atoms with Crippen molar-refractivity contribution in [2.24, 2.45) is 14.1 Å². The lowest BCUT2D eigenvalue weighted by Gasteiger charge is -2.17. The van der Waals surface area contributed by atoms with E-state index in [1.807, 2.05) is 19.9 Å². The Morgan fingerprint density at radius 3 is 2.44 bits per heavy atom. The number of rotatable bonds is 3. The molecule has 0 saturated carbocycles. The number of halogens is 1. The SMILES string of the molecule is CC(C)c1cnc2c(c1NC(=O)c1ccccc1Br)c(=O)n(C)c(=O)n2C. The second-order valence-electron chi connectivity index (χ2n) is 6.58. The summed E-state index contributed by atoms with van der Waals surface area (Å²) in [6, 6.07) is 7.03. The molecule has 0 fully saturated rings. The van der Waals surface area contributed by atoms with Crippen LogP contribution in [-0.4, -0.2) is 20.0 Å². The van der Waals surface area contributed by atoms with Crippen LogP contribution in [0.5, 0.6) is 0 Å². The van der Waals surface area contributed by atoms with Crippen molar-refractivity contribution >= 4 is 38.6 Å². The lowest BCUT2D eigenvalue weighted by molar-refractivity contribution is 0.102. The highest BCUT2D eigenvalue weighted by molar-refractivity contribution is 9.10. The summed E-state index contributed by atoms with van der Waals surface area (Å²) in [6.07, 6.45) is 1.60. The summed E-state index contributed by atoms with van der Waals surface area (Å²) in [4.78, 5) is 42.2. The van der Waals surface area contributed by atoms with Crippen LogP contribution in [-0.2, 0) is 14.1 Å². The van der Waals surface area contributed by atoms with E-state index in [2.05, 4.69) is 26.2 Å². The molecule has 0 radical (unpaired) electrons. The van der Waals surface area contributed by atoms with E-state index in [1.165, 1.54) is 11.6 Å². The average molecular weight is 431 g/mol. The van der Waals surface area contributed by atoms with E-state index >= 15 is 0 Å². The molecule has 1 aromatic carbocycles. The first-order valence-corrected chi connectivity index (χ1v) is 9.17. The highest BCUT2D eigenvalue weighted by Crippen LogP contribution is 2.29. The summed E-state index contributed by atoms with van der Waals surface area (Å²) >= 11 is 3.37. The van der Waals surface area contributed by atoms with E-state index in [9.17, 15) is 14.4 Å². The standard InChI is InChI=1S/C19H19BrN4O3/c1-10(2)12-9-21-16-14(18(26)24(4)19(27)23(16)3)15(12)22-17(25)11-7-5-6-8-13(11)20/h5-10H,1-4H3,(H,21,22,25). The molecule has 0 spiro atoms. The van der Waals surface area contributed by atoms with Gasteiger partial charge in [0, 0.05) is 24.8 Å². The Morgan fingerprint density at radius 2 is 1.81 bits per heavy atom. The van der Waals surface area contributed by atoms with E-state index in [0.717, 1.165) is 10.1 Å². The van der Waals surface area contributed by atoms with Crippen molar-refractivity contribution in [2.75, 3.05) is 5.32 Å². The van der Waals surface area contributed by atoms with Crippen molar-refractivity contribution in [3.63, 3.8) is 0 Å². The number of aryl methyl sites for hydroxylation is 1. The first kappa shape index (κ1) is 19.0. The number of hydrogen-bond acceptors (Lipinski definition) is 4. The third-order valence-electron chi connectivity index (χ3n) is 4.48. The second kappa shape index (κ2) is 7.11. The predicted molar refractivity (Wildman–Crippen MR) is 108 cm³/mol. The van der Waals surface area contributed by atoms with Crippen molar-refractivity contribution < 1.29 is 4.79 Å². The van der Waals surface area contributed by atoms with Gasteiger partial charge in [0.1, 0.15) is 5.39 Å². The van der Waals surface area contributed by atoms with E-state index in [4.69, 9.17) is 0 Å². The normalized spacial score (nSPS) is 11.2. The Kier molecular flexibility index (Phi) is 5.01. The molecule has 3 aromatic rings. The van der Waals surface area contributed by atoms with E-state index in [-0.39, 0.29) is 22.9 Å². The summed E-state index contributed by atoms with van der Waals surface area (Å²) < 4.78 is 2.96. The van der Waals surface area contributed by atoms with Gasteiger partial charge >= 0.3 is 5.69 Å². The Morgan fingerprint density at radius 1 is 1.15 bits per heavy atom. The average Bonchev–Trinajstić information content (AvgIpc) is 2.64. The van der Waals surface area contributed by atoms with Gasteiger partial charge in [0.25, 0.3) is 11.5 Å². The van der Waals surface area contributed by atoms with Gasteiger partial charge in [-0.1, -0.05) is 26.0 Å². The fourth-order valence-electron chi connectivity index (χ4n) is 2.94. The van der Waals surface area contributed by atoms with Crippen LogP contribution in [0.3, 0.4) is 0 Å². The molecule has 1 amide bonds. The number of pyridine rings is 1. The van der Waals surface area contributed by atoms with Crippen LogP contribution in [0.1, 0.15) is 35.7 Å². The maximum Gasteiger partial charge on any atom is 0.332 e. The quantitative estimate of drug-likeness (QED) is 0.691. The number of aromatic nitrogens is 3. The number of amides is 1.